The number of carbonyl (C=O) groups is 3. The van der Waals surface area contributed by atoms with Crippen LogP contribution in [0.2, 0.25) is 0 Å². The van der Waals surface area contributed by atoms with E-state index in [1.54, 1.807) is 0 Å². The lowest BCUT2D eigenvalue weighted by Crippen LogP contribution is -2.58. The number of benzene rings is 1. The monoisotopic (exact) mass is 797 g/mol. The van der Waals surface area contributed by atoms with Crippen molar-refractivity contribution < 1.29 is 32.1 Å². The van der Waals surface area contributed by atoms with Gasteiger partial charge in [0.25, 0.3) is 16.1 Å². The van der Waals surface area contributed by atoms with Crippen molar-refractivity contribution in [3.63, 3.8) is 0 Å². The minimum absolute atomic E-state index is 0.0365. The summed E-state index contributed by atoms with van der Waals surface area (Å²) in [6, 6.07) is 8.79. The number of para-hydroxylation sites is 2. The summed E-state index contributed by atoms with van der Waals surface area (Å²) in [6.07, 6.45) is 9.95. The first-order valence-corrected chi connectivity index (χ1v) is 23.7. The van der Waals surface area contributed by atoms with Crippen LogP contribution in [0.4, 0.5) is 0 Å². The smallest absolute Gasteiger partial charge is 0.277 e. The number of amides is 3. The van der Waals surface area contributed by atoms with Crippen LogP contribution in [0.3, 0.4) is 0 Å². The molecule has 5 atom stereocenters. The number of nitrogens with zero attached hydrogens (tertiary/aromatic N) is 3. The Labute approximate surface area is 319 Å². The van der Waals surface area contributed by atoms with Crippen LogP contribution in [-0.2, 0) is 29.2 Å². The molecule has 2 aromatic heterocycles. The molecule has 290 valence electrons. The molecule has 7 rings (SSSR count). The van der Waals surface area contributed by atoms with Gasteiger partial charge < -0.3 is 24.6 Å². The Morgan fingerprint density at radius 2 is 1.74 bits per heavy atom. The molecular formula is C37H48N7O7PS2. The average molecular weight is 798 g/mol. The summed E-state index contributed by atoms with van der Waals surface area (Å²) in [5.74, 6) is -1.74. The van der Waals surface area contributed by atoms with Crippen LogP contribution in [0.15, 0.2) is 53.9 Å². The predicted molar refractivity (Wildman–Crippen MR) is 207 cm³/mol. The minimum Gasteiger partial charge on any atom is -0.471 e. The average Bonchev–Trinajstić information content (AvgIpc) is 3.61. The summed E-state index contributed by atoms with van der Waals surface area (Å²) in [7, 11) is -7.07. The number of allylic oxidation sites excluding steroid dienone is 1. The van der Waals surface area contributed by atoms with Gasteiger partial charge in [0.2, 0.25) is 17.7 Å². The van der Waals surface area contributed by atoms with E-state index < -0.39 is 59.0 Å². The molecule has 0 bridgehead atoms. The molecule has 1 saturated heterocycles. The molecule has 4 heterocycles. The fourth-order valence-corrected chi connectivity index (χ4v) is 10.5. The fourth-order valence-electron chi connectivity index (χ4n) is 7.77. The Balaban J connectivity index is 1.22. The summed E-state index contributed by atoms with van der Waals surface area (Å²) < 4.78 is 51.5. The fraction of sp³-hybridized carbons (Fsp3) is 0.541. The lowest BCUT2D eigenvalue weighted by Gasteiger charge is -2.30. The third kappa shape index (κ3) is 8.89. The number of fused-ring (bicyclic) bond motifs is 3. The highest BCUT2D eigenvalue weighted by Gasteiger charge is 2.61. The van der Waals surface area contributed by atoms with Crippen molar-refractivity contribution in [2.24, 2.45) is 5.92 Å². The molecule has 2 aliphatic heterocycles. The molecule has 2 aliphatic carbocycles. The van der Waals surface area contributed by atoms with Crippen LogP contribution in [0.25, 0.3) is 21.6 Å². The minimum atomic E-state index is -4.07. The summed E-state index contributed by atoms with van der Waals surface area (Å²) in [6.45, 7) is 2.86. The topological polar surface area (TPSA) is 189 Å². The zero-order valence-electron chi connectivity index (χ0n) is 30.5. The number of thiophene rings is 1. The van der Waals surface area contributed by atoms with Gasteiger partial charge in [-0.3, -0.25) is 14.4 Å². The van der Waals surface area contributed by atoms with Crippen LogP contribution in [0.1, 0.15) is 70.6 Å². The van der Waals surface area contributed by atoms with E-state index in [9.17, 15) is 27.4 Å². The Hall–Kier alpha value is -3.69. The molecule has 17 heteroatoms. The van der Waals surface area contributed by atoms with E-state index in [1.807, 2.05) is 53.9 Å². The SMILES string of the molecule is CP(C)(=O)NC(=O)[C@@]12CC1/C=C\CCCCC[C@H](NS(=O)(=O)NC1CCCC1)C(=O)N1C[C@H](Oc3nc4ccccc4nc3-c3cccs3)C[C@H]1C(=O)N2. The number of rotatable bonds is 9. The first-order chi connectivity index (χ1) is 25.8. The van der Waals surface area contributed by atoms with Gasteiger partial charge in [-0.15, -0.1) is 11.3 Å². The van der Waals surface area contributed by atoms with Crippen molar-refractivity contribution in [1.29, 1.82) is 0 Å². The first kappa shape index (κ1) is 38.6. The van der Waals surface area contributed by atoms with E-state index in [0.29, 0.717) is 36.0 Å². The molecule has 4 aliphatic rings. The molecular weight excluding hydrogens is 750 g/mol. The van der Waals surface area contributed by atoms with E-state index in [2.05, 4.69) is 19.8 Å². The molecule has 2 saturated carbocycles. The number of nitrogens with one attached hydrogen (secondary N) is 4. The highest BCUT2D eigenvalue weighted by Crippen LogP contribution is 2.47. The maximum atomic E-state index is 14.6. The lowest BCUT2D eigenvalue weighted by atomic mass is 10.1. The normalized spacial score (nSPS) is 27.7. The van der Waals surface area contributed by atoms with Crippen molar-refractivity contribution in [3.05, 3.63) is 53.9 Å². The van der Waals surface area contributed by atoms with Crippen LogP contribution in [0.5, 0.6) is 5.88 Å². The standard InChI is InChI=1S/C37H48N7O7PS2/c1-52(2,48)41-36(47)37-22-24(37)13-6-4-3-5-7-18-29(43-54(49,50)42-25-14-8-9-15-25)35(46)44-23-26(21-30(44)33(45)40-37)51-34-32(31-19-12-20-53-31)38-27-16-10-11-17-28(27)39-34/h6,10-13,16-17,19-20,24-26,29-30,42-43H,3-5,7-9,14-15,18,21-23H2,1-2H3,(H,40,45)(H,41,47,48)/b13-6-/t24?,26-,29+,30+,37-/m1/s1. The van der Waals surface area contributed by atoms with Gasteiger partial charge in [-0.25, -0.2) is 9.97 Å². The number of hydrogen-bond acceptors (Lipinski definition) is 10. The predicted octanol–water partition coefficient (Wildman–Crippen LogP) is 4.49. The third-order valence-electron chi connectivity index (χ3n) is 10.6. The largest absolute Gasteiger partial charge is 0.471 e. The van der Waals surface area contributed by atoms with Crippen molar-refractivity contribution in [1.82, 2.24) is 34.7 Å². The number of aromatic nitrogens is 2. The van der Waals surface area contributed by atoms with Crippen LogP contribution in [-0.4, -0.2) is 90.7 Å². The Morgan fingerprint density at radius 1 is 1.00 bits per heavy atom. The van der Waals surface area contributed by atoms with Gasteiger partial charge in [-0.05, 0) is 62.1 Å². The summed E-state index contributed by atoms with van der Waals surface area (Å²) in [5.41, 5.74) is 0.484. The molecule has 3 fully saturated rings. The zero-order valence-corrected chi connectivity index (χ0v) is 33.1. The van der Waals surface area contributed by atoms with Crippen molar-refractivity contribution in [2.45, 2.75) is 100 Å². The summed E-state index contributed by atoms with van der Waals surface area (Å²) in [5, 5.41) is 7.49. The van der Waals surface area contributed by atoms with Gasteiger partial charge in [-0.1, -0.05) is 56.0 Å². The van der Waals surface area contributed by atoms with Gasteiger partial charge in [0.1, 0.15) is 29.4 Å². The second kappa shape index (κ2) is 15.8. The van der Waals surface area contributed by atoms with Crippen molar-refractivity contribution in [2.75, 3.05) is 19.9 Å². The second-order valence-electron chi connectivity index (χ2n) is 15.2. The van der Waals surface area contributed by atoms with Gasteiger partial charge in [0, 0.05) is 31.7 Å². The van der Waals surface area contributed by atoms with Gasteiger partial charge in [0.05, 0.1) is 22.5 Å². The third-order valence-corrected chi connectivity index (χ3v) is 13.4. The van der Waals surface area contributed by atoms with E-state index in [1.165, 1.54) is 29.6 Å². The number of ether oxygens (including phenoxy) is 1. The molecule has 3 amide bonds. The summed E-state index contributed by atoms with van der Waals surface area (Å²) in [4.78, 5) is 54.6. The van der Waals surface area contributed by atoms with E-state index in [-0.39, 0.29) is 37.2 Å². The molecule has 3 aromatic rings. The Morgan fingerprint density at radius 3 is 2.46 bits per heavy atom. The highest BCUT2D eigenvalue weighted by atomic mass is 32.2. The van der Waals surface area contributed by atoms with Gasteiger partial charge in [-0.2, -0.15) is 17.9 Å². The van der Waals surface area contributed by atoms with Gasteiger partial charge >= 0.3 is 0 Å². The molecule has 54 heavy (non-hydrogen) atoms. The molecule has 1 aromatic carbocycles. The van der Waals surface area contributed by atoms with E-state index in [4.69, 9.17) is 14.7 Å². The molecule has 4 N–H and O–H groups in total. The van der Waals surface area contributed by atoms with Crippen molar-refractivity contribution >= 4 is 57.6 Å². The highest BCUT2D eigenvalue weighted by molar-refractivity contribution is 7.87. The molecule has 0 radical (unpaired) electrons. The molecule has 14 nitrogen and oxygen atoms in total. The maximum Gasteiger partial charge on any atom is 0.277 e. The Bertz CT molecular complexity index is 2070. The zero-order chi connectivity index (χ0) is 38.1. The lowest BCUT2D eigenvalue weighted by molar-refractivity contribution is -0.141. The van der Waals surface area contributed by atoms with E-state index in [0.717, 1.165) is 43.4 Å². The van der Waals surface area contributed by atoms with Gasteiger partial charge in [0.15, 0.2) is 7.29 Å². The number of carbonyl (C=O) groups excluding carboxylic acids is 3. The Kier molecular flexibility index (Phi) is 11.3. The van der Waals surface area contributed by atoms with Crippen LogP contribution < -0.4 is 24.6 Å². The quantitative estimate of drug-likeness (QED) is 0.179. The second-order valence-corrected chi connectivity index (χ2v) is 20.6. The first-order valence-electron chi connectivity index (χ1n) is 18.7. The number of hydrogen-bond donors (Lipinski definition) is 4. The summed E-state index contributed by atoms with van der Waals surface area (Å²) >= 11 is 1.48. The van der Waals surface area contributed by atoms with Crippen molar-refractivity contribution in [3.8, 4) is 16.5 Å². The molecule has 0 spiro atoms. The molecule has 1 unspecified atom stereocenters. The van der Waals surface area contributed by atoms with Crippen LogP contribution >= 0.6 is 18.6 Å². The van der Waals surface area contributed by atoms with Crippen LogP contribution in [0, 0.1) is 5.92 Å². The van der Waals surface area contributed by atoms with E-state index >= 15 is 0 Å². The maximum absolute atomic E-state index is 14.6.